The quantitative estimate of drug-likeness (QED) is 0.224. The van der Waals surface area contributed by atoms with Crippen LogP contribution in [0.3, 0.4) is 0 Å². The Morgan fingerprint density at radius 2 is 1.90 bits per heavy atom. The van der Waals surface area contributed by atoms with E-state index in [0.717, 1.165) is 57.1 Å². The standard InChI is InChI=1S/C31H30ClN7/c1-31(2,3)18-35-28-20(15-33)16-34-29-25(28)13-21(32)14-26(29)36-30(27-17-39(38-37-27)22-11-12-22)24-10-6-8-19-7-4-5-9-23(19)24/h4-10,13-14,16-17,22,30,36H,11-12,18H2,1-3H3,(H,34,35)/t30-/m0/s1. The van der Waals surface area contributed by atoms with Crippen LogP contribution in [0.4, 0.5) is 11.4 Å². The van der Waals surface area contributed by atoms with E-state index in [-0.39, 0.29) is 11.5 Å². The van der Waals surface area contributed by atoms with E-state index in [1.807, 2.05) is 29.1 Å². The van der Waals surface area contributed by atoms with Gasteiger partial charge in [0.25, 0.3) is 0 Å². The molecule has 0 unspecified atom stereocenters. The first kappa shape index (κ1) is 25.1. The highest BCUT2D eigenvalue weighted by atomic mass is 35.5. The Morgan fingerprint density at radius 3 is 2.67 bits per heavy atom. The Labute approximate surface area is 232 Å². The van der Waals surface area contributed by atoms with Crippen LogP contribution in [-0.4, -0.2) is 26.5 Å². The Kier molecular flexibility index (Phi) is 6.36. The summed E-state index contributed by atoms with van der Waals surface area (Å²) in [7, 11) is 0. The highest BCUT2D eigenvalue weighted by molar-refractivity contribution is 6.32. The summed E-state index contributed by atoms with van der Waals surface area (Å²) < 4.78 is 1.97. The van der Waals surface area contributed by atoms with Crippen LogP contribution in [0.1, 0.15) is 62.5 Å². The molecule has 0 amide bonds. The third-order valence-electron chi connectivity index (χ3n) is 7.03. The van der Waals surface area contributed by atoms with Gasteiger partial charge in [-0.15, -0.1) is 5.10 Å². The Hall–Kier alpha value is -4.15. The molecule has 0 spiro atoms. The van der Waals surface area contributed by atoms with E-state index in [9.17, 15) is 5.26 Å². The number of nitriles is 1. The average molecular weight is 536 g/mol. The Balaban J connectivity index is 1.50. The van der Waals surface area contributed by atoms with E-state index in [2.05, 4.69) is 84.2 Å². The third-order valence-corrected chi connectivity index (χ3v) is 7.25. The molecular weight excluding hydrogens is 506 g/mol. The maximum absolute atomic E-state index is 9.85. The van der Waals surface area contributed by atoms with Crippen LogP contribution >= 0.6 is 11.6 Å². The summed E-state index contributed by atoms with van der Waals surface area (Å²) >= 11 is 6.70. The second-order valence-corrected chi connectivity index (χ2v) is 11.9. The highest BCUT2D eigenvalue weighted by Crippen LogP contribution is 2.39. The van der Waals surface area contributed by atoms with Gasteiger partial charge < -0.3 is 10.6 Å². The topological polar surface area (TPSA) is 91.5 Å². The van der Waals surface area contributed by atoms with Crippen LogP contribution in [0.25, 0.3) is 21.7 Å². The number of fused-ring (bicyclic) bond motifs is 2. The monoisotopic (exact) mass is 535 g/mol. The Bertz CT molecular complexity index is 1720. The Morgan fingerprint density at radius 1 is 1.10 bits per heavy atom. The predicted molar refractivity (Wildman–Crippen MR) is 157 cm³/mol. The SMILES string of the molecule is CC(C)(C)CNc1c(C#N)cnc2c(N[C@H](c3cn(C4CC4)nn3)c3cccc4ccccc34)cc(Cl)cc12. The average Bonchev–Trinajstić information content (AvgIpc) is 3.66. The number of nitrogens with one attached hydrogen (secondary N) is 2. The first-order valence-electron chi connectivity index (χ1n) is 13.2. The summed E-state index contributed by atoms with van der Waals surface area (Å²) in [5.41, 5.74) is 4.65. The summed E-state index contributed by atoms with van der Waals surface area (Å²) in [6.45, 7) is 7.15. The summed E-state index contributed by atoms with van der Waals surface area (Å²) in [5.74, 6) is 0. The zero-order valence-corrected chi connectivity index (χ0v) is 23.0. The molecule has 8 heteroatoms. The fraction of sp³-hybridized carbons (Fsp3) is 0.290. The fourth-order valence-corrected chi connectivity index (χ4v) is 5.13. The molecule has 1 atom stereocenters. The zero-order valence-electron chi connectivity index (χ0n) is 22.2. The maximum atomic E-state index is 9.85. The van der Waals surface area contributed by atoms with Gasteiger partial charge in [-0.25, -0.2) is 4.68 Å². The molecule has 6 rings (SSSR count). The third kappa shape index (κ3) is 5.13. The van der Waals surface area contributed by atoms with Crippen LogP contribution < -0.4 is 10.6 Å². The smallest absolute Gasteiger partial charge is 0.110 e. The van der Waals surface area contributed by atoms with E-state index >= 15 is 0 Å². The van der Waals surface area contributed by atoms with Gasteiger partial charge in [-0.1, -0.05) is 80.1 Å². The molecular formula is C31H30ClN7. The molecule has 2 N–H and O–H groups in total. The summed E-state index contributed by atoms with van der Waals surface area (Å²) in [5, 5.41) is 29.8. The minimum atomic E-state index is -0.298. The number of nitrogens with zero attached hydrogens (tertiary/aromatic N) is 5. The minimum absolute atomic E-state index is 0.0226. The molecule has 196 valence electrons. The van der Waals surface area contributed by atoms with Crippen molar-refractivity contribution in [3.8, 4) is 6.07 Å². The summed E-state index contributed by atoms with van der Waals surface area (Å²) in [6.07, 6.45) is 5.93. The number of pyridine rings is 1. The predicted octanol–water partition coefficient (Wildman–Crippen LogP) is 7.50. The van der Waals surface area contributed by atoms with Crippen LogP contribution in [0.15, 0.2) is 67.0 Å². The van der Waals surface area contributed by atoms with Crippen molar-refractivity contribution in [2.75, 3.05) is 17.2 Å². The first-order valence-corrected chi connectivity index (χ1v) is 13.6. The molecule has 0 bridgehead atoms. The number of rotatable bonds is 7. The molecule has 0 radical (unpaired) electrons. The van der Waals surface area contributed by atoms with Crippen molar-refractivity contribution >= 4 is 44.7 Å². The lowest BCUT2D eigenvalue weighted by atomic mass is 9.96. The molecule has 0 saturated heterocycles. The fourth-order valence-electron chi connectivity index (χ4n) is 4.92. The van der Waals surface area contributed by atoms with Crippen molar-refractivity contribution in [1.82, 2.24) is 20.0 Å². The van der Waals surface area contributed by atoms with Crippen LogP contribution in [0.2, 0.25) is 5.02 Å². The van der Waals surface area contributed by atoms with Gasteiger partial charge in [-0.3, -0.25) is 4.98 Å². The van der Waals surface area contributed by atoms with Crippen molar-refractivity contribution in [2.24, 2.45) is 5.41 Å². The van der Waals surface area contributed by atoms with Crippen molar-refractivity contribution in [3.63, 3.8) is 0 Å². The van der Waals surface area contributed by atoms with Crippen molar-refractivity contribution in [3.05, 3.63) is 88.8 Å². The van der Waals surface area contributed by atoms with E-state index in [0.29, 0.717) is 23.2 Å². The van der Waals surface area contributed by atoms with E-state index in [4.69, 9.17) is 16.6 Å². The van der Waals surface area contributed by atoms with E-state index in [1.165, 1.54) is 0 Å². The van der Waals surface area contributed by atoms with Gasteiger partial charge in [0.1, 0.15) is 11.8 Å². The van der Waals surface area contributed by atoms with Crippen molar-refractivity contribution in [2.45, 2.75) is 45.7 Å². The molecule has 1 fully saturated rings. The lowest BCUT2D eigenvalue weighted by Crippen LogP contribution is -2.20. The van der Waals surface area contributed by atoms with Crippen LogP contribution in [0, 0.1) is 16.7 Å². The van der Waals surface area contributed by atoms with Gasteiger partial charge in [0.15, 0.2) is 0 Å². The van der Waals surface area contributed by atoms with Gasteiger partial charge in [-0.2, -0.15) is 5.26 Å². The number of benzene rings is 3. The van der Waals surface area contributed by atoms with Crippen LogP contribution in [0.5, 0.6) is 0 Å². The first-order chi connectivity index (χ1) is 18.8. The molecule has 3 aromatic carbocycles. The van der Waals surface area contributed by atoms with E-state index in [1.54, 1.807) is 6.20 Å². The number of hydrogen-bond donors (Lipinski definition) is 2. The molecule has 5 aromatic rings. The number of hydrogen-bond acceptors (Lipinski definition) is 6. The number of anilines is 2. The molecule has 2 aromatic heterocycles. The molecule has 1 aliphatic rings. The minimum Gasteiger partial charge on any atom is -0.383 e. The number of aromatic nitrogens is 4. The molecule has 1 aliphatic carbocycles. The van der Waals surface area contributed by atoms with Gasteiger partial charge in [0.05, 0.1) is 40.7 Å². The normalized spacial score (nSPS) is 14.3. The summed E-state index contributed by atoms with van der Waals surface area (Å²) in [4.78, 5) is 4.72. The second-order valence-electron chi connectivity index (χ2n) is 11.4. The summed E-state index contributed by atoms with van der Waals surface area (Å²) in [6, 6.07) is 20.8. The lowest BCUT2D eigenvalue weighted by Gasteiger charge is -2.23. The largest absolute Gasteiger partial charge is 0.383 e. The van der Waals surface area contributed by atoms with Crippen LogP contribution in [-0.2, 0) is 0 Å². The van der Waals surface area contributed by atoms with Crippen molar-refractivity contribution < 1.29 is 0 Å². The van der Waals surface area contributed by atoms with E-state index < -0.39 is 0 Å². The van der Waals surface area contributed by atoms with Gasteiger partial charge in [-0.05, 0) is 46.7 Å². The molecule has 2 heterocycles. The molecule has 39 heavy (non-hydrogen) atoms. The molecule has 7 nitrogen and oxygen atoms in total. The lowest BCUT2D eigenvalue weighted by molar-refractivity contribution is 0.443. The van der Waals surface area contributed by atoms with Crippen molar-refractivity contribution in [1.29, 1.82) is 5.26 Å². The van der Waals surface area contributed by atoms with Gasteiger partial charge in [0.2, 0.25) is 0 Å². The molecule has 0 aliphatic heterocycles. The zero-order chi connectivity index (χ0) is 27.1. The van der Waals surface area contributed by atoms with Gasteiger partial charge >= 0.3 is 0 Å². The second kappa shape index (κ2) is 9.87. The molecule has 1 saturated carbocycles. The number of halogens is 1. The van der Waals surface area contributed by atoms with Gasteiger partial charge in [0, 0.05) is 23.2 Å². The highest BCUT2D eigenvalue weighted by Gasteiger charge is 2.28. The maximum Gasteiger partial charge on any atom is 0.110 e.